The molecular formula is C24H22FN3O4S. The number of amides is 1. The maximum Gasteiger partial charge on any atom is 0.301 e. The number of halogens is 1. The Morgan fingerprint density at radius 2 is 1.82 bits per heavy atom. The molecule has 1 aliphatic rings. The van der Waals surface area contributed by atoms with Gasteiger partial charge in [0, 0.05) is 5.56 Å². The average molecular weight is 468 g/mol. The van der Waals surface area contributed by atoms with Crippen LogP contribution in [0.5, 0.6) is 5.75 Å². The van der Waals surface area contributed by atoms with Crippen LogP contribution < -0.4 is 9.64 Å². The number of anilines is 1. The molecule has 0 bridgehead atoms. The van der Waals surface area contributed by atoms with Crippen LogP contribution in [0.4, 0.5) is 9.52 Å². The van der Waals surface area contributed by atoms with Crippen molar-refractivity contribution in [3.63, 3.8) is 0 Å². The lowest BCUT2D eigenvalue weighted by Gasteiger charge is -2.22. The zero-order valence-corrected chi connectivity index (χ0v) is 18.9. The van der Waals surface area contributed by atoms with E-state index in [1.54, 1.807) is 31.2 Å². The second-order valence-electron chi connectivity index (χ2n) is 7.55. The summed E-state index contributed by atoms with van der Waals surface area (Å²) in [6, 6.07) is 11.1. The Kier molecular flexibility index (Phi) is 6.50. The molecule has 33 heavy (non-hydrogen) atoms. The number of Topliss-reactive ketones (excluding diaryl/α,β-unsaturated/α-hetero) is 1. The van der Waals surface area contributed by atoms with Crippen molar-refractivity contribution in [3.8, 4) is 5.75 Å². The fourth-order valence-corrected chi connectivity index (χ4v) is 4.29. The highest BCUT2D eigenvalue weighted by molar-refractivity contribution is 7.15. The molecule has 2 heterocycles. The number of benzene rings is 2. The van der Waals surface area contributed by atoms with E-state index in [-0.39, 0.29) is 16.5 Å². The van der Waals surface area contributed by atoms with Crippen LogP contribution in [-0.4, -0.2) is 33.6 Å². The summed E-state index contributed by atoms with van der Waals surface area (Å²) in [5, 5.41) is 19.9. The number of aryl methyl sites for hydroxylation is 1. The third kappa shape index (κ3) is 4.49. The molecule has 7 nitrogen and oxygen atoms in total. The number of hydrogen-bond acceptors (Lipinski definition) is 7. The maximum atomic E-state index is 13.6. The summed E-state index contributed by atoms with van der Waals surface area (Å²) in [6.07, 6.45) is 1.93. The molecule has 0 spiro atoms. The van der Waals surface area contributed by atoms with Crippen LogP contribution in [0.2, 0.25) is 0 Å². The molecule has 1 atom stereocenters. The summed E-state index contributed by atoms with van der Waals surface area (Å²) in [5.41, 5.74) is 0.722. The third-order valence-corrected chi connectivity index (χ3v) is 6.08. The first-order valence-electron chi connectivity index (χ1n) is 10.5. The highest BCUT2D eigenvalue weighted by atomic mass is 32.1. The molecule has 9 heteroatoms. The molecule has 0 radical (unpaired) electrons. The molecule has 0 saturated carbocycles. The van der Waals surface area contributed by atoms with Crippen molar-refractivity contribution >= 4 is 33.9 Å². The predicted octanol–water partition coefficient (Wildman–Crippen LogP) is 4.79. The second kappa shape index (κ2) is 9.50. The molecule has 1 N–H and O–H groups in total. The van der Waals surface area contributed by atoms with Crippen LogP contribution in [0.1, 0.15) is 41.9 Å². The molecule has 4 rings (SSSR count). The van der Waals surface area contributed by atoms with Gasteiger partial charge in [-0.25, -0.2) is 4.39 Å². The van der Waals surface area contributed by atoms with Gasteiger partial charge >= 0.3 is 5.91 Å². The fourth-order valence-electron chi connectivity index (χ4n) is 3.57. The van der Waals surface area contributed by atoms with Crippen molar-refractivity contribution in [1.29, 1.82) is 0 Å². The summed E-state index contributed by atoms with van der Waals surface area (Å²) in [5.74, 6) is -1.83. The van der Waals surface area contributed by atoms with E-state index in [1.165, 1.54) is 29.2 Å². The number of ketones is 1. The molecule has 1 fully saturated rings. The number of hydrogen-bond donors (Lipinski definition) is 1. The highest BCUT2D eigenvalue weighted by Gasteiger charge is 2.48. The minimum Gasteiger partial charge on any atom is -0.507 e. The monoisotopic (exact) mass is 467 g/mol. The lowest BCUT2D eigenvalue weighted by Crippen LogP contribution is -2.29. The van der Waals surface area contributed by atoms with Gasteiger partial charge in [0.2, 0.25) is 5.13 Å². The molecule has 0 unspecified atom stereocenters. The topological polar surface area (TPSA) is 92.6 Å². The Labute approximate surface area is 194 Å². The standard InChI is InChI=1S/C24H22FN3O4S/c1-3-4-13-32-18-11-7-16(8-12-18)21(29)19-20(15-5-9-17(25)10-6-15)28(23(31)22(19)30)24-27-26-14(2)33-24/h5-12,20,29H,3-4,13H2,1-2H3/t20-/m0/s1. The Morgan fingerprint density at radius 1 is 1.12 bits per heavy atom. The van der Waals surface area contributed by atoms with Crippen LogP contribution in [0.25, 0.3) is 5.76 Å². The van der Waals surface area contributed by atoms with Crippen LogP contribution in [-0.2, 0) is 9.59 Å². The van der Waals surface area contributed by atoms with E-state index in [1.807, 2.05) is 0 Å². The first-order valence-corrected chi connectivity index (χ1v) is 11.3. The maximum absolute atomic E-state index is 13.6. The van der Waals surface area contributed by atoms with Gasteiger partial charge in [0.15, 0.2) is 0 Å². The van der Waals surface area contributed by atoms with Gasteiger partial charge in [-0.1, -0.05) is 36.8 Å². The van der Waals surface area contributed by atoms with Crippen molar-refractivity contribution in [1.82, 2.24) is 10.2 Å². The molecule has 1 saturated heterocycles. The van der Waals surface area contributed by atoms with Crippen molar-refractivity contribution in [2.75, 3.05) is 11.5 Å². The molecule has 2 aromatic carbocycles. The number of aliphatic hydroxyl groups excluding tert-OH is 1. The normalized spacial score (nSPS) is 17.5. The van der Waals surface area contributed by atoms with Crippen LogP contribution >= 0.6 is 11.3 Å². The molecule has 0 aliphatic carbocycles. The number of nitrogens with zero attached hydrogens (tertiary/aromatic N) is 3. The number of rotatable bonds is 7. The summed E-state index contributed by atoms with van der Waals surface area (Å²) >= 11 is 1.15. The van der Waals surface area contributed by atoms with Crippen molar-refractivity contribution in [2.24, 2.45) is 0 Å². The molecule has 1 amide bonds. The Morgan fingerprint density at radius 3 is 2.42 bits per heavy atom. The van der Waals surface area contributed by atoms with E-state index in [9.17, 15) is 19.1 Å². The minimum atomic E-state index is -0.974. The van der Waals surface area contributed by atoms with Crippen LogP contribution in [0.15, 0.2) is 54.1 Å². The molecule has 3 aromatic rings. The summed E-state index contributed by atoms with van der Waals surface area (Å²) in [6.45, 7) is 4.38. The number of ether oxygens (including phenoxy) is 1. The fraction of sp³-hybridized carbons (Fsp3) is 0.250. The summed E-state index contributed by atoms with van der Waals surface area (Å²) in [4.78, 5) is 27.2. The van der Waals surface area contributed by atoms with Crippen molar-refractivity contribution < 1.29 is 23.8 Å². The van der Waals surface area contributed by atoms with E-state index in [4.69, 9.17) is 4.74 Å². The highest BCUT2D eigenvalue weighted by Crippen LogP contribution is 2.43. The van der Waals surface area contributed by atoms with Gasteiger partial charge in [-0.15, -0.1) is 10.2 Å². The summed E-state index contributed by atoms with van der Waals surface area (Å²) in [7, 11) is 0. The van der Waals surface area contributed by atoms with E-state index < -0.39 is 23.5 Å². The SMILES string of the molecule is CCCCOc1ccc(C(O)=C2C(=O)C(=O)N(c3nnc(C)s3)[C@H]2c2ccc(F)cc2)cc1. The smallest absolute Gasteiger partial charge is 0.301 e. The largest absolute Gasteiger partial charge is 0.507 e. The van der Waals surface area contributed by atoms with Crippen LogP contribution in [0, 0.1) is 12.7 Å². The van der Waals surface area contributed by atoms with Crippen LogP contribution in [0.3, 0.4) is 0 Å². The van der Waals surface area contributed by atoms with Gasteiger partial charge in [-0.2, -0.15) is 0 Å². The van der Waals surface area contributed by atoms with E-state index >= 15 is 0 Å². The molecule has 1 aliphatic heterocycles. The van der Waals surface area contributed by atoms with Crippen molar-refractivity contribution in [2.45, 2.75) is 32.7 Å². The predicted molar refractivity (Wildman–Crippen MR) is 123 cm³/mol. The zero-order chi connectivity index (χ0) is 23.5. The average Bonchev–Trinajstić information content (AvgIpc) is 3.35. The van der Waals surface area contributed by atoms with Gasteiger partial charge in [0.25, 0.3) is 5.78 Å². The molecule has 170 valence electrons. The van der Waals surface area contributed by atoms with Gasteiger partial charge in [-0.3, -0.25) is 14.5 Å². The lowest BCUT2D eigenvalue weighted by atomic mass is 9.95. The second-order valence-corrected chi connectivity index (χ2v) is 8.71. The Hall–Kier alpha value is -3.59. The van der Waals surface area contributed by atoms with Gasteiger partial charge in [0.1, 0.15) is 22.3 Å². The van der Waals surface area contributed by atoms with E-state index in [2.05, 4.69) is 17.1 Å². The third-order valence-electron chi connectivity index (χ3n) is 5.25. The number of carbonyl (C=O) groups is 2. The molecule has 1 aromatic heterocycles. The minimum absolute atomic E-state index is 0.0980. The van der Waals surface area contributed by atoms with Crippen molar-refractivity contribution in [3.05, 3.63) is 76.1 Å². The first kappa shape index (κ1) is 22.6. The quantitative estimate of drug-likeness (QED) is 0.232. The number of carbonyl (C=O) groups excluding carboxylic acids is 2. The van der Waals surface area contributed by atoms with E-state index in [0.717, 1.165) is 24.2 Å². The lowest BCUT2D eigenvalue weighted by molar-refractivity contribution is -0.132. The van der Waals surface area contributed by atoms with Gasteiger partial charge in [0.05, 0.1) is 18.2 Å². The first-order chi connectivity index (χ1) is 15.9. The number of aliphatic hydroxyl groups is 1. The molecular weight excluding hydrogens is 445 g/mol. The van der Waals surface area contributed by atoms with E-state index in [0.29, 0.717) is 28.5 Å². The van der Waals surface area contributed by atoms with Gasteiger partial charge < -0.3 is 9.84 Å². The Bertz CT molecular complexity index is 1210. The number of aromatic nitrogens is 2. The summed E-state index contributed by atoms with van der Waals surface area (Å²) < 4.78 is 19.2. The van der Waals surface area contributed by atoms with Gasteiger partial charge in [-0.05, 0) is 55.3 Å². The Balaban J connectivity index is 1.78. The number of unbranched alkanes of at least 4 members (excludes halogenated alkanes) is 1. The zero-order valence-electron chi connectivity index (χ0n) is 18.1.